The summed E-state index contributed by atoms with van der Waals surface area (Å²) in [5, 5.41) is 4.62. The molecule has 0 bridgehead atoms. The predicted molar refractivity (Wildman–Crippen MR) is 93.9 cm³/mol. The van der Waals surface area contributed by atoms with E-state index in [0.717, 1.165) is 5.56 Å². The van der Waals surface area contributed by atoms with Gasteiger partial charge in [0.15, 0.2) is 0 Å². The van der Waals surface area contributed by atoms with Gasteiger partial charge in [-0.1, -0.05) is 31.4 Å². The van der Waals surface area contributed by atoms with E-state index in [1.54, 1.807) is 11.0 Å². The first-order chi connectivity index (χ1) is 12.5. The Hall–Kier alpha value is -2.44. The lowest BCUT2D eigenvalue weighted by atomic mass is 10.0. The van der Waals surface area contributed by atoms with Gasteiger partial charge in [0, 0.05) is 19.5 Å². The molecule has 26 heavy (non-hydrogen) atoms. The van der Waals surface area contributed by atoms with E-state index >= 15 is 0 Å². The van der Waals surface area contributed by atoms with Crippen LogP contribution in [0.3, 0.4) is 0 Å². The van der Waals surface area contributed by atoms with Crippen LogP contribution in [-0.2, 0) is 22.4 Å². The molecule has 6 nitrogen and oxygen atoms in total. The van der Waals surface area contributed by atoms with Crippen LogP contribution in [0.2, 0.25) is 0 Å². The summed E-state index contributed by atoms with van der Waals surface area (Å²) < 4.78 is 13.8. The lowest BCUT2D eigenvalue weighted by molar-refractivity contribution is -0.131. The van der Waals surface area contributed by atoms with Crippen LogP contribution in [0.15, 0.2) is 18.2 Å². The minimum Gasteiger partial charge on any atom is -0.342 e. The highest BCUT2D eigenvalue weighted by atomic mass is 19.1. The van der Waals surface area contributed by atoms with Crippen LogP contribution in [-0.4, -0.2) is 41.9 Å². The first kappa shape index (κ1) is 18.4. The Balaban J connectivity index is 0.000000592. The van der Waals surface area contributed by atoms with E-state index in [9.17, 15) is 18.8 Å². The summed E-state index contributed by atoms with van der Waals surface area (Å²) in [6, 6.07) is 3.86. The van der Waals surface area contributed by atoms with Crippen molar-refractivity contribution in [3.05, 3.63) is 35.1 Å². The molecule has 2 fully saturated rings. The van der Waals surface area contributed by atoms with Crippen molar-refractivity contribution in [2.45, 2.75) is 51.0 Å². The Labute approximate surface area is 152 Å². The van der Waals surface area contributed by atoms with E-state index in [0.29, 0.717) is 31.5 Å². The SMILES string of the molecule is C1CC1.O=C1NC(=O)C(CCC(=O)N2CCc3cccc(F)c3CC2)N1. The molecule has 0 aromatic heterocycles. The molecule has 4 amide bonds. The first-order valence-electron chi connectivity index (χ1n) is 9.20. The van der Waals surface area contributed by atoms with E-state index in [-0.39, 0.29) is 24.6 Å². The van der Waals surface area contributed by atoms with Crippen molar-refractivity contribution < 1.29 is 18.8 Å². The largest absolute Gasteiger partial charge is 0.342 e. The number of halogens is 1. The smallest absolute Gasteiger partial charge is 0.322 e. The lowest BCUT2D eigenvalue weighted by Gasteiger charge is -2.20. The van der Waals surface area contributed by atoms with E-state index in [2.05, 4.69) is 10.6 Å². The molecule has 0 spiro atoms. The van der Waals surface area contributed by atoms with E-state index in [1.165, 1.54) is 25.3 Å². The summed E-state index contributed by atoms with van der Waals surface area (Å²) in [6.45, 7) is 1.01. The van der Waals surface area contributed by atoms with Crippen molar-refractivity contribution in [1.82, 2.24) is 15.5 Å². The zero-order valence-electron chi connectivity index (χ0n) is 14.7. The van der Waals surface area contributed by atoms with Crippen LogP contribution < -0.4 is 10.6 Å². The maximum absolute atomic E-state index is 13.8. The number of carbonyl (C=O) groups excluding carboxylic acids is 3. The minimum absolute atomic E-state index is 0.0767. The topological polar surface area (TPSA) is 78.5 Å². The minimum atomic E-state index is -0.645. The summed E-state index contributed by atoms with van der Waals surface area (Å²) in [5.41, 5.74) is 1.63. The zero-order valence-corrected chi connectivity index (χ0v) is 14.7. The molecule has 7 heteroatoms. The number of hydrogen-bond donors (Lipinski definition) is 2. The molecule has 0 radical (unpaired) electrons. The van der Waals surface area contributed by atoms with Crippen LogP contribution in [0.25, 0.3) is 0 Å². The molecule has 1 aromatic carbocycles. The maximum Gasteiger partial charge on any atom is 0.322 e. The normalized spacial score (nSPS) is 21.0. The fourth-order valence-corrected chi connectivity index (χ4v) is 3.07. The fourth-order valence-electron chi connectivity index (χ4n) is 3.07. The molecule has 1 aromatic rings. The van der Waals surface area contributed by atoms with Crippen LogP contribution in [0.1, 0.15) is 43.2 Å². The van der Waals surface area contributed by atoms with Crippen LogP contribution in [0, 0.1) is 5.82 Å². The van der Waals surface area contributed by atoms with Gasteiger partial charge in [-0.15, -0.1) is 0 Å². The third-order valence-electron chi connectivity index (χ3n) is 4.71. The van der Waals surface area contributed by atoms with Crippen molar-refractivity contribution >= 4 is 17.8 Å². The van der Waals surface area contributed by atoms with Gasteiger partial charge in [-0.25, -0.2) is 9.18 Å². The summed E-state index contributed by atoms with van der Waals surface area (Å²) >= 11 is 0. The van der Waals surface area contributed by atoms with Gasteiger partial charge in [0.05, 0.1) is 0 Å². The summed E-state index contributed by atoms with van der Waals surface area (Å²) in [4.78, 5) is 36.5. The number of fused-ring (bicyclic) bond motifs is 1. The van der Waals surface area contributed by atoms with E-state index < -0.39 is 18.0 Å². The first-order valence-corrected chi connectivity index (χ1v) is 9.20. The number of urea groups is 1. The number of benzene rings is 1. The second-order valence-corrected chi connectivity index (χ2v) is 6.87. The monoisotopic (exact) mass is 361 g/mol. The molecule has 1 atom stereocenters. The second kappa shape index (κ2) is 8.29. The van der Waals surface area contributed by atoms with Crippen molar-refractivity contribution in [2.24, 2.45) is 0 Å². The Morgan fingerprint density at radius 3 is 2.54 bits per heavy atom. The standard InChI is InChI=1S/C16H18FN3O3.C3H6/c17-12-3-1-2-10-6-8-20(9-7-11(10)12)14(21)5-4-13-15(22)19-16(23)18-13;1-2-3-1/h1-3,13H,4-9H2,(H2,18,19,22,23);1-3H2. The van der Waals surface area contributed by atoms with Gasteiger partial charge in [0.25, 0.3) is 5.91 Å². The average molecular weight is 361 g/mol. The van der Waals surface area contributed by atoms with E-state index in [4.69, 9.17) is 0 Å². The van der Waals surface area contributed by atoms with Gasteiger partial charge in [-0.3, -0.25) is 14.9 Å². The molecular weight excluding hydrogens is 337 g/mol. The third-order valence-corrected chi connectivity index (χ3v) is 4.71. The summed E-state index contributed by atoms with van der Waals surface area (Å²) in [7, 11) is 0. The zero-order chi connectivity index (χ0) is 18.5. The molecule has 4 rings (SSSR count). The number of imide groups is 1. The average Bonchev–Trinajstić information content (AvgIpc) is 3.45. The van der Waals surface area contributed by atoms with Gasteiger partial charge in [-0.2, -0.15) is 0 Å². The van der Waals surface area contributed by atoms with Crippen LogP contribution >= 0.6 is 0 Å². The van der Waals surface area contributed by atoms with Crippen LogP contribution in [0.5, 0.6) is 0 Å². The lowest BCUT2D eigenvalue weighted by Crippen LogP contribution is -2.36. The molecule has 1 aliphatic carbocycles. The summed E-state index contributed by atoms with van der Waals surface area (Å²) in [5.74, 6) is -0.692. The quantitative estimate of drug-likeness (QED) is 0.808. The van der Waals surface area contributed by atoms with Crippen LogP contribution in [0.4, 0.5) is 9.18 Å². The van der Waals surface area contributed by atoms with E-state index in [1.807, 2.05) is 6.07 Å². The Morgan fingerprint density at radius 2 is 1.88 bits per heavy atom. The van der Waals surface area contributed by atoms with Gasteiger partial charge in [0.1, 0.15) is 11.9 Å². The number of hydrogen-bond acceptors (Lipinski definition) is 3. The molecule has 1 unspecified atom stereocenters. The van der Waals surface area contributed by atoms with Gasteiger partial charge < -0.3 is 10.2 Å². The highest BCUT2D eigenvalue weighted by Gasteiger charge is 2.30. The Bertz CT molecular complexity index is 703. The molecule has 140 valence electrons. The Kier molecular flexibility index (Phi) is 5.85. The molecular formula is C19H24FN3O3. The van der Waals surface area contributed by atoms with Gasteiger partial charge in [0.2, 0.25) is 5.91 Å². The molecule has 2 aliphatic heterocycles. The van der Waals surface area contributed by atoms with Gasteiger partial charge >= 0.3 is 6.03 Å². The number of rotatable bonds is 3. The summed E-state index contributed by atoms with van der Waals surface area (Å²) in [6.07, 6.45) is 6.07. The Morgan fingerprint density at radius 1 is 1.15 bits per heavy atom. The maximum atomic E-state index is 13.8. The second-order valence-electron chi connectivity index (χ2n) is 6.87. The van der Waals surface area contributed by atoms with Gasteiger partial charge in [-0.05, 0) is 36.5 Å². The number of amides is 4. The molecule has 1 saturated carbocycles. The predicted octanol–water partition coefficient (Wildman–Crippen LogP) is 1.91. The highest BCUT2D eigenvalue weighted by molar-refractivity contribution is 6.04. The number of nitrogens with zero attached hydrogens (tertiary/aromatic N) is 1. The van der Waals surface area contributed by atoms with Crippen molar-refractivity contribution in [3.8, 4) is 0 Å². The van der Waals surface area contributed by atoms with Crippen molar-refractivity contribution in [3.63, 3.8) is 0 Å². The molecule has 2 heterocycles. The molecule has 2 N–H and O–H groups in total. The fraction of sp³-hybridized carbons (Fsp3) is 0.526. The number of carbonyl (C=O) groups is 3. The number of nitrogens with one attached hydrogen (secondary N) is 2. The van der Waals surface area contributed by atoms with Crippen molar-refractivity contribution in [1.29, 1.82) is 0 Å². The third kappa shape index (κ3) is 4.80. The van der Waals surface area contributed by atoms with Crippen molar-refractivity contribution in [2.75, 3.05) is 13.1 Å². The molecule has 1 saturated heterocycles. The highest BCUT2D eigenvalue weighted by Crippen LogP contribution is 2.19. The molecule has 3 aliphatic rings.